The van der Waals surface area contributed by atoms with E-state index in [4.69, 9.17) is 4.74 Å². The quantitative estimate of drug-likeness (QED) is 0.782. The minimum Gasteiger partial charge on any atom is -0.376 e. The fraction of sp³-hybridized carbons (Fsp3) is 0.538. The molecule has 1 atom stereocenters. The number of benzene rings is 1. The molecule has 0 aliphatic carbocycles. The summed E-state index contributed by atoms with van der Waals surface area (Å²) >= 11 is 0. The maximum absolute atomic E-state index is 13.3. The molecule has 3 nitrogen and oxygen atoms in total. The van der Waals surface area contributed by atoms with Crippen LogP contribution in [0.1, 0.15) is 12.0 Å². The fourth-order valence-corrected chi connectivity index (χ4v) is 1.96. The normalized spacial score (nSPS) is 20.0. The van der Waals surface area contributed by atoms with E-state index in [0.29, 0.717) is 12.1 Å². The third-order valence-corrected chi connectivity index (χ3v) is 2.98. The third-order valence-electron chi connectivity index (χ3n) is 2.98. The SMILES string of the molecule is Fc1ccc(CNCCC2CNCCO2)c(F)c1. The zero-order chi connectivity index (χ0) is 12.8. The van der Waals surface area contributed by atoms with Crippen LogP contribution < -0.4 is 10.6 Å². The first-order valence-electron chi connectivity index (χ1n) is 6.22. The van der Waals surface area contributed by atoms with E-state index in [2.05, 4.69) is 10.6 Å². The van der Waals surface area contributed by atoms with Crippen molar-refractivity contribution in [2.45, 2.75) is 19.1 Å². The number of hydrogen-bond acceptors (Lipinski definition) is 3. The van der Waals surface area contributed by atoms with Gasteiger partial charge in [-0.15, -0.1) is 0 Å². The maximum Gasteiger partial charge on any atom is 0.130 e. The van der Waals surface area contributed by atoms with Gasteiger partial charge in [-0.3, -0.25) is 0 Å². The van der Waals surface area contributed by atoms with E-state index in [-0.39, 0.29) is 6.10 Å². The van der Waals surface area contributed by atoms with Crippen LogP contribution in [0.3, 0.4) is 0 Å². The van der Waals surface area contributed by atoms with Crippen LogP contribution in [0.25, 0.3) is 0 Å². The molecule has 0 aromatic heterocycles. The van der Waals surface area contributed by atoms with E-state index in [9.17, 15) is 8.78 Å². The Bertz CT molecular complexity index is 381. The van der Waals surface area contributed by atoms with Crippen molar-refractivity contribution >= 4 is 0 Å². The average Bonchev–Trinajstić information content (AvgIpc) is 2.38. The molecule has 1 heterocycles. The third kappa shape index (κ3) is 4.01. The molecule has 1 fully saturated rings. The predicted octanol–water partition coefficient (Wildman–Crippen LogP) is 1.43. The van der Waals surface area contributed by atoms with E-state index in [0.717, 1.165) is 38.7 Å². The highest BCUT2D eigenvalue weighted by atomic mass is 19.1. The van der Waals surface area contributed by atoms with Crippen LogP contribution >= 0.6 is 0 Å². The molecule has 5 heteroatoms. The van der Waals surface area contributed by atoms with Crippen molar-refractivity contribution < 1.29 is 13.5 Å². The lowest BCUT2D eigenvalue weighted by Crippen LogP contribution is -2.39. The Hall–Kier alpha value is -1.04. The monoisotopic (exact) mass is 256 g/mol. The molecule has 0 spiro atoms. The fourth-order valence-electron chi connectivity index (χ4n) is 1.96. The average molecular weight is 256 g/mol. The van der Waals surface area contributed by atoms with Gasteiger partial charge in [0.1, 0.15) is 11.6 Å². The van der Waals surface area contributed by atoms with Crippen LogP contribution in [0.15, 0.2) is 18.2 Å². The van der Waals surface area contributed by atoms with Gasteiger partial charge in [-0.2, -0.15) is 0 Å². The Morgan fingerprint density at radius 1 is 1.39 bits per heavy atom. The van der Waals surface area contributed by atoms with Gasteiger partial charge in [0.05, 0.1) is 12.7 Å². The predicted molar refractivity (Wildman–Crippen MR) is 65.3 cm³/mol. The standard InChI is InChI=1S/C13H18F2N2O/c14-11-2-1-10(13(15)7-11)8-16-4-3-12-9-17-5-6-18-12/h1-2,7,12,16-17H,3-6,8-9H2. The molecule has 2 rings (SSSR count). The smallest absolute Gasteiger partial charge is 0.130 e. The first-order valence-corrected chi connectivity index (χ1v) is 6.22. The van der Waals surface area contributed by atoms with Crippen LogP contribution in [-0.4, -0.2) is 32.3 Å². The largest absolute Gasteiger partial charge is 0.376 e. The molecule has 18 heavy (non-hydrogen) atoms. The van der Waals surface area contributed by atoms with Crippen LogP contribution in [0, 0.1) is 11.6 Å². The van der Waals surface area contributed by atoms with Crippen molar-refractivity contribution in [1.82, 2.24) is 10.6 Å². The van der Waals surface area contributed by atoms with Crippen molar-refractivity contribution in [2.75, 3.05) is 26.2 Å². The Morgan fingerprint density at radius 2 is 2.28 bits per heavy atom. The highest BCUT2D eigenvalue weighted by Crippen LogP contribution is 2.09. The Morgan fingerprint density at radius 3 is 3.00 bits per heavy atom. The topological polar surface area (TPSA) is 33.3 Å². The molecular weight excluding hydrogens is 238 g/mol. The molecule has 1 saturated heterocycles. The van der Waals surface area contributed by atoms with Gasteiger partial charge in [-0.1, -0.05) is 6.07 Å². The number of hydrogen-bond donors (Lipinski definition) is 2. The first kappa shape index (κ1) is 13.4. The molecule has 0 saturated carbocycles. The van der Waals surface area contributed by atoms with Crippen LogP contribution in [0.5, 0.6) is 0 Å². The minimum absolute atomic E-state index is 0.226. The number of halogens is 2. The lowest BCUT2D eigenvalue weighted by atomic mass is 10.2. The summed E-state index contributed by atoms with van der Waals surface area (Å²) in [6.07, 6.45) is 1.11. The minimum atomic E-state index is -0.544. The zero-order valence-corrected chi connectivity index (χ0v) is 10.2. The van der Waals surface area contributed by atoms with Crippen LogP contribution in [0.2, 0.25) is 0 Å². The summed E-state index contributed by atoms with van der Waals surface area (Å²) in [6, 6.07) is 3.65. The van der Waals surface area contributed by atoms with Gasteiger partial charge in [0, 0.05) is 31.3 Å². The zero-order valence-electron chi connectivity index (χ0n) is 10.2. The summed E-state index contributed by atoms with van der Waals surface area (Å²) in [5.41, 5.74) is 0.485. The van der Waals surface area contributed by atoms with Crippen molar-refractivity contribution in [3.05, 3.63) is 35.4 Å². The molecule has 1 unspecified atom stereocenters. The second-order valence-corrected chi connectivity index (χ2v) is 4.40. The van der Waals surface area contributed by atoms with Gasteiger partial charge in [0.15, 0.2) is 0 Å². The van der Waals surface area contributed by atoms with Crippen molar-refractivity contribution in [3.8, 4) is 0 Å². The summed E-state index contributed by atoms with van der Waals surface area (Å²) in [5, 5.41) is 6.39. The van der Waals surface area contributed by atoms with E-state index >= 15 is 0 Å². The molecule has 1 aliphatic rings. The highest BCUT2D eigenvalue weighted by Gasteiger charge is 2.12. The molecule has 1 aromatic rings. The number of rotatable bonds is 5. The van der Waals surface area contributed by atoms with Gasteiger partial charge in [-0.25, -0.2) is 8.78 Å². The molecule has 0 amide bonds. The van der Waals surface area contributed by atoms with Gasteiger partial charge < -0.3 is 15.4 Å². The van der Waals surface area contributed by atoms with Gasteiger partial charge >= 0.3 is 0 Å². The molecule has 1 aliphatic heterocycles. The van der Waals surface area contributed by atoms with Gasteiger partial charge in [0.25, 0.3) is 0 Å². The first-order chi connectivity index (χ1) is 8.75. The lowest BCUT2D eigenvalue weighted by Gasteiger charge is -2.23. The summed E-state index contributed by atoms with van der Waals surface area (Å²) < 4.78 is 31.6. The van der Waals surface area contributed by atoms with Gasteiger partial charge in [0.2, 0.25) is 0 Å². The van der Waals surface area contributed by atoms with Crippen molar-refractivity contribution in [3.63, 3.8) is 0 Å². The maximum atomic E-state index is 13.3. The second-order valence-electron chi connectivity index (χ2n) is 4.40. The molecule has 1 aromatic carbocycles. The highest BCUT2D eigenvalue weighted by molar-refractivity contribution is 5.18. The van der Waals surface area contributed by atoms with Crippen molar-refractivity contribution in [1.29, 1.82) is 0 Å². The number of ether oxygens (including phenoxy) is 1. The van der Waals surface area contributed by atoms with Crippen molar-refractivity contribution in [2.24, 2.45) is 0 Å². The van der Waals surface area contributed by atoms with E-state index in [1.165, 1.54) is 12.1 Å². The second kappa shape index (κ2) is 6.78. The number of nitrogens with one attached hydrogen (secondary N) is 2. The number of morpholine rings is 1. The van der Waals surface area contributed by atoms with E-state index in [1.807, 2.05) is 0 Å². The van der Waals surface area contributed by atoms with Crippen LogP contribution in [-0.2, 0) is 11.3 Å². The Balaban J connectivity index is 1.68. The van der Waals surface area contributed by atoms with Gasteiger partial charge in [-0.05, 0) is 19.0 Å². The lowest BCUT2D eigenvalue weighted by molar-refractivity contribution is 0.0238. The molecule has 0 radical (unpaired) electrons. The van der Waals surface area contributed by atoms with Crippen LogP contribution in [0.4, 0.5) is 8.78 Å². The summed E-state index contributed by atoms with van der Waals surface area (Å²) in [6.45, 7) is 3.68. The van der Waals surface area contributed by atoms with E-state index < -0.39 is 11.6 Å². The van der Waals surface area contributed by atoms with E-state index in [1.54, 1.807) is 0 Å². The summed E-state index contributed by atoms with van der Waals surface area (Å²) in [4.78, 5) is 0. The summed E-state index contributed by atoms with van der Waals surface area (Å²) in [5.74, 6) is -1.05. The molecule has 100 valence electrons. The Labute approximate surface area is 106 Å². The molecule has 2 N–H and O–H groups in total. The Kier molecular flexibility index (Phi) is 5.04. The molecular formula is C13H18F2N2O. The summed E-state index contributed by atoms with van der Waals surface area (Å²) in [7, 11) is 0. The molecule has 0 bridgehead atoms.